The van der Waals surface area contributed by atoms with Gasteiger partial charge >= 0.3 is 0 Å². The van der Waals surface area contributed by atoms with Crippen LogP contribution in [-0.2, 0) is 0 Å². The molecule has 2 aromatic rings. The average Bonchev–Trinajstić information content (AvgIpc) is 2.64. The molecule has 0 bridgehead atoms. The maximum absolute atomic E-state index is 5.85. The Morgan fingerprint density at radius 3 is 2.88 bits per heavy atom. The summed E-state index contributed by atoms with van der Waals surface area (Å²) in [6, 6.07) is 3.74. The summed E-state index contributed by atoms with van der Waals surface area (Å²) in [5.41, 5.74) is 6.83. The molecule has 0 fully saturated rings. The highest BCUT2D eigenvalue weighted by Crippen LogP contribution is 2.29. The van der Waals surface area contributed by atoms with Crippen LogP contribution in [0.2, 0.25) is 0 Å². The molecule has 6 heteroatoms. The van der Waals surface area contributed by atoms with E-state index in [0.717, 1.165) is 10.6 Å². The first kappa shape index (κ1) is 11.1. The predicted molar refractivity (Wildman–Crippen MR) is 60.0 cm³/mol. The van der Waals surface area contributed by atoms with Crippen LogP contribution >= 0.6 is 11.8 Å². The van der Waals surface area contributed by atoms with Gasteiger partial charge < -0.3 is 10.2 Å². The molecule has 0 saturated carbocycles. The van der Waals surface area contributed by atoms with Gasteiger partial charge in [0.2, 0.25) is 5.89 Å². The minimum Gasteiger partial charge on any atom is -0.416 e. The standard InChI is InChI=1S/C10H12N4OS/c1-6(11)8-4-3-5-12-9(8)16-10-14-13-7(2)15-10/h3-6H,11H2,1-2H3. The highest BCUT2D eigenvalue weighted by molar-refractivity contribution is 7.99. The van der Waals surface area contributed by atoms with Crippen LogP contribution in [0.4, 0.5) is 0 Å². The zero-order valence-corrected chi connectivity index (χ0v) is 9.86. The SMILES string of the molecule is Cc1nnc(Sc2ncccc2C(C)N)o1. The van der Waals surface area contributed by atoms with E-state index in [0.29, 0.717) is 11.1 Å². The van der Waals surface area contributed by atoms with Crippen molar-refractivity contribution in [3.05, 3.63) is 29.8 Å². The number of rotatable bonds is 3. The molecule has 0 aliphatic rings. The smallest absolute Gasteiger partial charge is 0.282 e. The molecule has 2 heterocycles. The Balaban J connectivity index is 2.27. The summed E-state index contributed by atoms with van der Waals surface area (Å²) in [5.74, 6) is 0.542. The molecule has 16 heavy (non-hydrogen) atoms. The van der Waals surface area contributed by atoms with Crippen molar-refractivity contribution in [2.24, 2.45) is 5.73 Å². The summed E-state index contributed by atoms with van der Waals surface area (Å²) in [6.07, 6.45) is 1.72. The largest absolute Gasteiger partial charge is 0.416 e. The third kappa shape index (κ3) is 2.40. The Hall–Kier alpha value is -1.40. The summed E-state index contributed by atoms with van der Waals surface area (Å²) in [7, 11) is 0. The van der Waals surface area contributed by atoms with Gasteiger partial charge in [0.1, 0.15) is 5.03 Å². The predicted octanol–water partition coefficient (Wildman–Crippen LogP) is 1.94. The lowest BCUT2D eigenvalue weighted by molar-refractivity contribution is 0.429. The van der Waals surface area contributed by atoms with Crippen molar-refractivity contribution in [1.82, 2.24) is 15.2 Å². The minimum atomic E-state index is -0.0692. The van der Waals surface area contributed by atoms with E-state index in [1.165, 1.54) is 11.8 Å². The van der Waals surface area contributed by atoms with Gasteiger partial charge in [0.15, 0.2) is 0 Å². The number of aryl methyl sites for hydroxylation is 1. The Morgan fingerprint density at radius 1 is 1.44 bits per heavy atom. The number of hydrogen-bond acceptors (Lipinski definition) is 6. The number of aromatic nitrogens is 3. The van der Waals surface area contributed by atoms with Crippen molar-refractivity contribution in [2.45, 2.75) is 30.1 Å². The fourth-order valence-electron chi connectivity index (χ4n) is 1.24. The van der Waals surface area contributed by atoms with Gasteiger partial charge in [-0.1, -0.05) is 6.07 Å². The van der Waals surface area contributed by atoms with Gasteiger partial charge in [-0.3, -0.25) is 0 Å². The molecule has 84 valence electrons. The molecule has 5 nitrogen and oxygen atoms in total. The van der Waals surface area contributed by atoms with E-state index in [9.17, 15) is 0 Å². The Kier molecular flexibility index (Phi) is 3.21. The van der Waals surface area contributed by atoms with Gasteiger partial charge in [-0.25, -0.2) is 4.98 Å². The number of pyridine rings is 1. The van der Waals surface area contributed by atoms with Gasteiger partial charge in [-0.05, 0) is 24.8 Å². The van der Waals surface area contributed by atoms with E-state index >= 15 is 0 Å². The van der Waals surface area contributed by atoms with Crippen LogP contribution in [0.5, 0.6) is 0 Å². The average molecular weight is 236 g/mol. The van der Waals surface area contributed by atoms with Crippen molar-refractivity contribution in [3.63, 3.8) is 0 Å². The molecule has 0 saturated heterocycles. The summed E-state index contributed by atoms with van der Waals surface area (Å²) < 4.78 is 5.28. The Morgan fingerprint density at radius 2 is 2.25 bits per heavy atom. The second-order valence-electron chi connectivity index (χ2n) is 3.38. The van der Waals surface area contributed by atoms with Crippen LogP contribution in [-0.4, -0.2) is 15.2 Å². The molecule has 2 aromatic heterocycles. The zero-order chi connectivity index (χ0) is 11.5. The number of hydrogen-bond donors (Lipinski definition) is 1. The van der Waals surface area contributed by atoms with Gasteiger partial charge in [0, 0.05) is 24.7 Å². The van der Waals surface area contributed by atoms with E-state index in [1.807, 2.05) is 19.1 Å². The molecule has 0 spiro atoms. The maximum atomic E-state index is 5.85. The van der Waals surface area contributed by atoms with Crippen LogP contribution in [0.3, 0.4) is 0 Å². The lowest BCUT2D eigenvalue weighted by Crippen LogP contribution is -2.07. The fraction of sp³-hybridized carbons (Fsp3) is 0.300. The molecule has 2 N–H and O–H groups in total. The molecule has 0 aliphatic carbocycles. The van der Waals surface area contributed by atoms with E-state index in [-0.39, 0.29) is 6.04 Å². The molecular formula is C10H12N4OS. The topological polar surface area (TPSA) is 77.8 Å². The normalized spacial score (nSPS) is 12.7. The van der Waals surface area contributed by atoms with E-state index in [2.05, 4.69) is 15.2 Å². The molecule has 1 unspecified atom stereocenters. The van der Waals surface area contributed by atoms with Crippen LogP contribution in [0, 0.1) is 6.92 Å². The first-order valence-electron chi connectivity index (χ1n) is 4.85. The summed E-state index contributed by atoms with van der Waals surface area (Å²) >= 11 is 1.33. The Labute approximate surface area is 97.5 Å². The van der Waals surface area contributed by atoms with Crippen LogP contribution in [0.15, 0.2) is 33.0 Å². The fourth-order valence-corrected chi connectivity index (χ4v) is 2.13. The minimum absolute atomic E-state index is 0.0692. The lowest BCUT2D eigenvalue weighted by Gasteiger charge is -2.08. The van der Waals surface area contributed by atoms with Gasteiger partial charge in [-0.15, -0.1) is 10.2 Å². The monoisotopic (exact) mass is 236 g/mol. The number of nitrogens with zero attached hydrogens (tertiary/aromatic N) is 3. The first-order valence-corrected chi connectivity index (χ1v) is 5.67. The van der Waals surface area contributed by atoms with Gasteiger partial charge in [0.05, 0.1) is 0 Å². The van der Waals surface area contributed by atoms with Crippen LogP contribution < -0.4 is 5.73 Å². The van der Waals surface area contributed by atoms with Gasteiger partial charge in [0.25, 0.3) is 5.22 Å². The van der Waals surface area contributed by atoms with Crippen molar-refractivity contribution in [1.29, 1.82) is 0 Å². The third-order valence-electron chi connectivity index (χ3n) is 1.98. The second kappa shape index (κ2) is 4.63. The summed E-state index contributed by atoms with van der Waals surface area (Å²) in [5, 5.41) is 8.96. The molecule has 1 atom stereocenters. The molecule has 0 radical (unpaired) electrons. The molecule has 0 aliphatic heterocycles. The molecule has 0 aromatic carbocycles. The Bertz CT molecular complexity index is 483. The molecular weight excluding hydrogens is 224 g/mol. The molecule has 0 amide bonds. The first-order chi connectivity index (χ1) is 7.66. The van der Waals surface area contributed by atoms with Crippen molar-refractivity contribution in [3.8, 4) is 0 Å². The lowest BCUT2D eigenvalue weighted by atomic mass is 10.2. The maximum Gasteiger partial charge on any atom is 0.282 e. The number of nitrogens with two attached hydrogens (primary N) is 1. The van der Waals surface area contributed by atoms with Crippen LogP contribution in [0.1, 0.15) is 24.4 Å². The second-order valence-corrected chi connectivity index (χ2v) is 4.32. The highest BCUT2D eigenvalue weighted by atomic mass is 32.2. The zero-order valence-electron chi connectivity index (χ0n) is 9.04. The van der Waals surface area contributed by atoms with Crippen molar-refractivity contribution >= 4 is 11.8 Å². The van der Waals surface area contributed by atoms with Crippen LogP contribution in [0.25, 0.3) is 0 Å². The van der Waals surface area contributed by atoms with E-state index < -0.39 is 0 Å². The summed E-state index contributed by atoms with van der Waals surface area (Å²) in [6.45, 7) is 3.67. The van der Waals surface area contributed by atoms with E-state index in [1.54, 1.807) is 13.1 Å². The van der Waals surface area contributed by atoms with Crippen molar-refractivity contribution in [2.75, 3.05) is 0 Å². The summed E-state index contributed by atoms with van der Waals surface area (Å²) in [4.78, 5) is 4.26. The van der Waals surface area contributed by atoms with E-state index in [4.69, 9.17) is 10.2 Å². The van der Waals surface area contributed by atoms with Crippen molar-refractivity contribution < 1.29 is 4.42 Å². The quantitative estimate of drug-likeness (QED) is 0.877. The molecule has 2 rings (SSSR count). The highest BCUT2D eigenvalue weighted by Gasteiger charge is 2.12. The third-order valence-corrected chi connectivity index (χ3v) is 2.86. The van der Waals surface area contributed by atoms with Gasteiger partial charge in [-0.2, -0.15) is 0 Å².